The van der Waals surface area contributed by atoms with E-state index < -0.39 is 0 Å². The van der Waals surface area contributed by atoms with Crippen LogP contribution in [0.25, 0.3) is 0 Å². The van der Waals surface area contributed by atoms with Crippen molar-refractivity contribution in [3.05, 3.63) is 42.7 Å². The molecule has 0 spiro atoms. The highest BCUT2D eigenvalue weighted by Gasteiger charge is 2.17. The standard InChI is InChI=1S/C14H22N2/c1-5-7-12(4)16-14(11(2)3)13-8-6-9-15-10-13/h5-6,8-12,14,16H,1,7H2,2-4H3. The maximum absolute atomic E-state index is 4.18. The Morgan fingerprint density at radius 3 is 2.69 bits per heavy atom. The summed E-state index contributed by atoms with van der Waals surface area (Å²) in [5.74, 6) is 0.552. The van der Waals surface area contributed by atoms with Crippen molar-refractivity contribution < 1.29 is 0 Å². The van der Waals surface area contributed by atoms with E-state index in [1.807, 2.05) is 24.5 Å². The first-order valence-electron chi connectivity index (χ1n) is 5.92. The van der Waals surface area contributed by atoms with Crippen molar-refractivity contribution >= 4 is 0 Å². The normalized spacial score (nSPS) is 14.8. The van der Waals surface area contributed by atoms with Gasteiger partial charge in [-0.2, -0.15) is 0 Å². The lowest BCUT2D eigenvalue weighted by Gasteiger charge is -2.26. The highest BCUT2D eigenvalue weighted by molar-refractivity contribution is 5.14. The number of pyridine rings is 1. The van der Waals surface area contributed by atoms with Crippen LogP contribution in [0.15, 0.2) is 37.2 Å². The van der Waals surface area contributed by atoms with E-state index in [1.165, 1.54) is 5.56 Å². The van der Waals surface area contributed by atoms with Gasteiger partial charge in [-0.15, -0.1) is 6.58 Å². The van der Waals surface area contributed by atoms with E-state index in [-0.39, 0.29) is 0 Å². The maximum atomic E-state index is 4.18. The monoisotopic (exact) mass is 218 g/mol. The van der Waals surface area contributed by atoms with Crippen LogP contribution >= 0.6 is 0 Å². The average Bonchev–Trinajstić information content (AvgIpc) is 2.27. The Labute approximate surface area is 98.8 Å². The topological polar surface area (TPSA) is 24.9 Å². The molecule has 1 aromatic heterocycles. The zero-order valence-corrected chi connectivity index (χ0v) is 10.5. The fourth-order valence-corrected chi connectivity index (χ4v) is 1.86. The third-order valence-corrected chi connectivity index (χ3v) is 2.69. The summed E-state index contributed by atoms with van der Waals surface area (Å²) in [5.41, 5.74) is 1.26. The molecule has 0 saturated carbocycles. The van der Waals surface area contributed by atoms with E-state index in [2.05, 4.69) is 43.7 Å². The van der Waals surface area contributed by atoms with Gasteiger partial charge >= 0.3 is 0 Å². The lowest BCUT2D eigenvalue weighted by Crippen LogP contribution is -2.33. The molecule has 0 amide bonds. The number of nitrogens with one attached hydrogen (secondary N) is 1. The third-order valence-electron chi connectivity index (χ3n) is 2.69. The maximum Gasteiger partial charge on any atom is 0.0361 e. The summed E-state index contributed by atoms with van der Waals surface area (Å²) in [4.78, 5) is 4.18. The number of aromatic nitrogens is 1. The summed E-state index contributed by atoms with van der Waals surface area (Å²) in [6.45, 7) is 10.4. The second kappa shape index (κ2) is 6.44. The van der Waals surface area contributed by atoms with Gasteiger partial charge in [-0.25, -0.2) is 0 Å². The van der Waals surface area contributed by atoms with Crippen molar-refractivity contribution in [1.82, 2.24) is 10.3 Å². The van der Waals surface area contributed by atoms with Crippen LogP contribution in [0.5, 0.6) is 0 Å². The van der Waals surface area contributed by atoms with E-state index in [9.17, 15) is 0 Å². The predicted octanol–water partition coefficient (Wildman–Crippen LogP) is 3.33. The SMILES string of the molecule is C=CCC(C)NC(c1cccnc1)C(C)C. The Morgan fingerprint density at radius 2 is 2.19 bits per heavy atom. The van der Waals surface area contributed by atoms with E-state index in [4.69, 9.17) is 0 Å². The van der Waals surface area contributed by atoms with Crippen LogP contribution in [0.4, 0.5) is 0 Å². The van der Waals surface area contributed by atoms with Gasteiger partial charge in [0.05, 0.1) is 0 Å². The van der Waals surface area contributed by atoms with Crippen molar-refractivity contribution in [2.75, 3.05) is 0 Å². The molecule has 0 aliphatic carbocycles. The van der Waals surface area contributed by atoms with E-state index in [0.717, 1.165) is 6.42 Å². The second-order valence-electron chi connectivity index (χ2n) is 4.60. The summed E-state index contributed by atoms with van der Waals surface area (Å²) >= 11 is 0. The van der Waals surface area contributed by atoms with Crippen LogP contribution in [0.1, 0.15) is 38.8 Å². The van der Waals surface area contributed by atoms with Crippen molar-refractivity contribution in [3.8, 4) is 0 Å². The quantitative estimate of drug-likeness (QED) is 0.741. The molecule has 0 radical (unpaired) electrons. The van der Waals surface area contributed by atoms with Gasteiger partial charge in [-0.3, -0.25) is 4.98 Å². The molecule has 2 unspecified atom stereocenters. The molecule has 16 heavy (non-hydrogen) atoms. The molecule has 0 saturated heterocycles. The second-order valence-corrected chi connectivity index (χ2v) is 4.60. The Hall–Kier alpha value is -1.15. The van der Waals surface area contributed by atoms with E-state index >= 15 is 0 Å². The lowest BCUT2D eigenvalue weighted by molar-refractivity contribution is 0.370. The van der Waals surface area contributed by atoms with Gasteiger partial charge in [0.1, 0.15) is 0 Å². The molecule has 1 heterocycles. The fourth-order valence-electron chi connectivity index (χ4n) is 1.86. The Morgan fingerprint density at radius 1 is 1.44 bits per heavy atom. The van der Waals surface area contributed by atoms with Crippen LogP contribution in [0.2, 0.25) is 0 Å². The number of rotatable bonds is 6. The highest BCUT2D eigenvalue weighted by atomic mass is 14.9. The molecule has 1 rings (SSSR count). The molecule has 0 aromatic carbocycles. The predicted molar refractivity (Wildman–Crippen MR) is 69.2 cm³/mol. The van der Waals surface area contributed by atoms with Crippen LogP contribution in [-0.2, 0) is 0 Å². The molecule has 1 aromatic rings. The van der Waals surface area contributed by atoms with Crippen molar-refractivity contribution in [1.29, 1.82) is 0 Å². The van der Waals surface area contributed by atoms with Gasteiger partial charge < -0.3 is 5.32 Å². The summed E-state index contributed by atoms with van der Waals surface area (Å²) in [5, 5.41) is 3.62. The average molecular weight is 218 g/mol. The van der Waals surface area contributed by atoms with Crippen molar-refractivity contribution in [3.63, 3.8) is 0 Å². The number of hydrogen-bond acceptors (Lipinski definition) is 2. The van der Waals surface area contributed by atoms with Crippen LogP contribution in [0.3, 0.4) is 0 Å². The van der Waals surface area contributed by atoms with Gasteiger partial charge in [-0.1, -0.05) is 26.0 Å². The minimum absolute atomic E-state index is 0.364. The van der Waals surface area contributed by atoms with E-state index in [0.29, 0.717) is 18.0 Å². The minimum Gasteiger partial charge on any atom is -0.307 e. The fraction of sp³-hybridized carbons (Fsp3) is 0.500. The lowest BCUT2D eigenvalue weighted by atomic mass is 9.96. The molecule has 0 bridgehead atoms. The molecule has 88 valence electrons. The summed E-state index contributed by atoms with van der Waals surface area (Å²) in [6, 6.07) is 4.93. The Balaban J connectivity index is 2.72. The summed E-state index contributed by atoms with van der Waals surface area (Å²) in [6.07, 6.45) is 6.70. The zero-order chi connectivity index (χ0) is 12.0. The smallest absolute Gasteiger partial charge is 0.0361 e. The first kappa shape index (κ1) is 12.9. The molecule has 0 fully saturated rings. The van der Waals surface area contributed by atoms with Crippen LogP contribution < -0.4 is 5.32 Å². The van der Waals surface area contributed by atoms with Gasteiger partial charge in [0.2, 0.25) is 0 Å². The molecule has 0 aliphatic rings. The van der Waals surface area contributed by atoms with E-state index in [1.54, 1.807) is 0 Å². The molecule has 2 heteroatoms. The molecule has 0 aliphatic heterocycles. The number of hydrogen-bond donors (Lipinski definition) is 1. The largest absolute Gasteiger partial charge is 0.307 e. The first-order chi connectivity index (χ1) is 7.65. The third kappa shape index (κ3) is 3.78. The van der Waals surface area contributed by atoms with Gasteiger partial charge in [0.25, 0.3) is 0 Å². The van der Waals surface area contributed by atoms with Gasteiger partial charge in [0.15, 0.2) is 0 Å². The number of nitrogens with zero attached hydrogens (tertiary/aromatic N) is 1. The summed E-state index contributed by atoms with van der Waals surface area (Å²) < 4.78 is 0. The Kier molecular flexibility index (Phi) is 5.20. The molecule has 2 atom stereocenters. The Bertz CT molecular complexity index is 306. The van der Waals surface area contributed by atoms with Gasteiger partial charge in [-0.05, 0) is 30.9 Å². The van der Waals surface area contributed by atoms with Crippen LogP contribution in [0, 0.1) is 5.92 Å². The summed E-state index contributed by atoms with van der Waals surface area (Å²) in [7, 11) is 0. The van der Waals surface area contributed by atoms with Crippen LogP contribution in [-0.4, -0.2) is 11.0 Å². The van der Waals surface area contributed by atoms with Crippen molar-refractivity contribution in [2.45, 2.75) is 39.3 Å². The molecule has 2 nitrogen and oxygen atoms in total. The first-order valence-corrected chi connectivity index (χ1v) is 5.92. The van der Waals surface area contributed by atoms with Gasteiger partial charge in [0, 0.05) is 24.5 Å². The molecular formula is C14H22N2. The molecular weight excluding hydrogens is 196 g/mol. The molecule has 1 N–H and O–H groups in total. The van der Waals surface area contributed by atoms with Crippen molar-refractivity contribution in [2.24, 2.45) is 5.92 Å². The zero-order valence-electron chi connectivity index (χ0n) is 10.5. The highest BCUT2D eigenvalue weighted by Crippen LogP contribution is 2.21. The minimum atomic E-state index is 0.364.